The molecule has 0 saturated heterocycles. The Labute approximate surface area is 196 Å². The third-order valence-electron chi connectivity index (χ3n) is 5.15. The van der Waals surface area contributed by atoms with E-state index in [2.05, 4.69) is 15.7 Å². The standard InChI is InChI=1S/C24H25ClN4O4/c1-3-4-21-20(13-27-29(21)19-11-7-17(25)8-12-19)24(33)28-18-9-5-16(6-10-18)15(2)23(32)26-14-22(30)31/h5-13,15H,3-4,14H2,1-2H3,(H,26,32)(H,28,33)(H,30,31). The molecule has 1 aromatic heterocycles. The first-order valence-electron chi connectivity index (χ1n) is 10.5. The molecule has 3 aromatic rings. The Bertz CT molecular complexity index is 1140. The number of carboxylic acids is 1. The topological polar surface area (TPSA) is 113 Å². The van der Waals surface area contributed by atoms with Crippen molar-refractivity contribution in [1.82, 2.24) is 15.1 Å². The lowest BCUT2D eigenvalue weighted by molar-refractivity contribution is -0.138. The molecular formula is C24H25ClN4O4. The molecule has 3 N–H and O–H groups in total. The highest BCUT2D eigenvalue weighted by Gasteiger charge is 2.19. The fraction of sp³-hybridized carbons (Fsp3) is 0.250. The molecule has 1 unspecified atom stereocenters. The van der Waals surface area contributed by atoms with Crippen molar-refractivity contribution in [3.63, 3.8) is 0 Å². The molecule has 0 spiro atoms. The number of halogens is 1. The van der Waals surface area contributed by atoms with E-state index >= 15 is 0 Å². The number of hydrogen-bond acceptors (Lipinski definition) is 4. The van der Waals surface area contributed by atoms with Gasteiger partial charge in [-0.3, -0.25) is 14.4 Å². The maximum Gasteiger partial charge on any atom is 0.322 e. The molecule has 9 heteroatoms. The van der Waals surface area contributed by atoms with E-state index in [4.69, 9.17) is 16.7 Å². The van der Waals surface area contributed by atoms with Crippen LogP contribution in [0.2, 0.25) is 5.02 Å². The summed E-state index contributed by atoms with van der Waals surface area (Å²) in [5.41, 5.74) is 3.39. The maximum absolute atomic E-state index is 13.0. The van der Waals surface area contributed by atoms with Crippen LogP contribution in [0.3, 0.4) is 0 Å². The van der Waals surface area contributed by atoms with Crippen molar-refractivity contribution in [2.45, 2.75) is 32.6 Å². The van der Waals surface area contributed by atoms with E-state index in [1.165, 1.54) is 0 Å². The van der Waals surface area contributed by atoms with Gasteiger partial charge in [-0.25, -0.2) is 4.68 Å². The van der Waals surface area contributed by atoms with Gasteiger partial charge in [0, 0.05) is 10.7 Å². The van der Waals surface area contributed by atoms with Crippen molar-refractivity contribution in [2.75, 3.05) is 11.9 Å². The van der Waals surface area contributed by atoms with Crippen LogP contribution >= 0.6 is 11.6 Å². The Morgan fingerprint density at radius 2 is 1.76 bits per heavy atom. The summed E-state index contributed by atoms with van der Waals surface area (Å²) in [6.45, 7) is 3.29. The van der Waals surface area contributed by atoms with Gasteiger partial charge in [0.1, 0.15) is 6.54 Å². The Morgan fingerprint density at radius 3 is 2.36 bits per heavy atom. The molecule has 0 bridgehead atoms. The first kappa shape index (κ1) is 24.0. The van der Waals surface area contributed by atoms with Gasteiger partial charge in [-0.05, 0) is 55.3 Å². The summed E-state index contributed by atoms with van der Waals surface area (Å²) in [6, 6.07) is 14.1. The van der Waals surface area contributed by atoms with E-state index in [1.807, 2.05) is 19.1 Å². The van der Waals surface area contributed by atoms with Crippen LogP contribution in [0.4, 0.5) is 5.69 Å². The highest BCUT2D eigenvalue weighted by atomic mass is 35.5. The van der Waals surface area contributed by atoms with Crippen LogP contribution in [-0.4, -0.2) is 39.2 Å². The van der Waals surface area contributed by atoms with Crippen molar-refractivity contribution in [1.29, 1.82) is 0 Å². The number of hydrogen-bond donors (Lipinski definition) is 3. The lowest BCUT2D eigenvalue weighted by atomic mass is 10.00. The van der Waals surface area contributed by atoms with Crippen LogP contribution in [0.15, 0.2) is 54.7 Å². The number of rotatable bonds is 9. The normalized spacial score (nSPS) is 11.6. The largest absolute Gasteiger partial charge is 0.480 e. The molecule has 8 nitrogen and oxygen atoms in total. The fourth-order valence-electron chi connectivity index (χ4n) is 3.37. The first-order chi connectivity index (χ1) is 15.8. The second-order valence-corrected chi connectivity index (χ2v) is 7.99. The number of carbonyl (C=O) groups excluding carboxylic acids is 2. The van der Waals surface area contributed by atoms with Crippen LogP contribution in [0.1, 0.15) is 47.8 Å². The molecule has 0 aliphatic heterocycles. The monoisotopic (exact) mass is 468 g/mol. The van der Waals surface area contributed by atoms with Gasteiger partial charge in [-0.1, -0.05) is 37.1 Å². The number of aromatic nitrogens is 2. The predicted octanol–water partition coefficient (Wildman–Crippen LogP) is 4.03. The minimum Gasteiger partial charge on any atom is -0.480 e. The van der Waals surface area contributed by atoms with Crippen molar-refractivity contribution in [3.05, 3.63) is 76.6 Å². The smallest absolute Gasteiger partial charge is 0.322 e. The third-order valence-corrected chi connectivity index (χ3v) is 5.40. The van der Waals surface area contributed by atoms with Gasteiger partial charge in [0.15, 0.2) is 0 Å². The van der Waals surface area contributed by atoms with Gasteiger partial charge in [0.05, 0.1) is 29.1 Å². The highest BCUT2D eigenvalue weighted by molar-refractivity contribution is 6.30. The summed E-state index contributed by atoms with van der Waals surface area (Å²) in [5, 5.41) is 19.0. The SMILES string of the molecule is CCCc1c(C(=O)Nc2ccc(C(C)C(=O)NCC(=O)O)cc2)cnn1-c1ccc(Cl)cc1. The molecule has 0 fully saturated rings. The molecule has 0 aliphatic rings. The minimum atomic E-state index is -1.10. The molecule has 33 heavy (non-hydrogen) atoms. The average molecular weight is 469 g/mol. The number of aliphatic carboxylic acids is 1. The van der Waals surface area contributed by atoms with Gasteiger partial charge >= 0.3 is 5.97 Å². The van der Waals surface area contributed by atoms with E-state index in [0.29, 0.717) is 28.3 Å². The summed E-state index contributed by atoms with van der Waals surface area (Å²) < 4.78 is 1.75. The predicted molar refractivity (Wildman–Crippen MR) is 126 cm³/mol. The molecular weight excluding hydrogens is 444 g/mol. The van der Waals surface area contributed by atoms with E-state index in [1.54, 1.807) is 54.2 Å². The molecule has 2 amide bonds. The Morgan fingerprint density at radius 1 is 1.09 bits per heavy atom. The molecule has 0 saturated carbocycles. The van der Waals surface area contributed by atoms with Crippen LogP contribution in [0.5, 0.6) is 0 Å². The Hall–Kier alpha value is -3.65. The average Bonchev–Trinajstić information content (AvgIpc) is 3.22. The number of carbonyl (C=O) groups is 3. The minimum absolute atomic E-state index is 0.279. The van der Waals surface area contributed by atoms with Crippen LogP contribution in [-0.2, 0) is 16.0 Å². The highest BCUT2D eigenvalue weighted by Crippen LogP contribution is 2.22. The zero-order valence-corrected chi connectivity index (χ0v) is 19.1. The molecule has 3 rings (SSSR count). The van der Waals surface area contributed by atoms with Crippen LogP contribution < -0.4 is 10.6 Å². The zero-order chi connectivity index (χ0) is 24.0. The lowest BCUT2D eigenvalue weighted by Gasteiger charge is -2.13. The number of benzene rings is 2. The molecule has 1 heterocycles. The molecule has 0 radical (unpaired) electrons. The Kier molecular flexibility index (Phi) is 7.84. The van der Waals surface area contributed by atoms with E-state index in [0.717, 1.165) is 17.8 Å². The number of amides is 2. The van der Waals surface area contributed by atoms with Crippen molar-refractivity contribution in [2.24, 2.45) is 0 Å². The van der Waals surface area contributed by atoms with Gasteiger partial charge in [-0.2, -0.15) is 5.10 Å². The second-order valence-electron chi connectivity index (χ2n) is 7.55. The summed E-state index contributed by atoms with van der Waals surface area (Å²) in [6.07, 6.45) is 3.07. The van der Waals surface area contributed by atoms with Crippen molar-refractivity contribution >= 4 is 35.1 Å². The van der Waals surface area contributed by atoms with Gasteiger partial charge in [-0.15, -0.1) is 0 Å². The maximum atomic E-state index is 13.0. The number of anilines is 1. The molecule has 0 aliphatic carbocycles. The van der Waals surface area contributed by atoms with E-state index < -0.39 is 18.4 Å². The van der Waals surface area contributed by atoms with Gasteiger partial charge in [0.2, 0.25) is 5.91 Å². The zero-order valence-electron chi connectivity index (χ0n) is 18.3. The number of nitrogens with zero attached hydrogens (tertiary/aromatic N) is 2. The molecule has 2 aromatic carbocycles. The van der Waals surface area contributed by atoms with Crippen molar-refractivity contribution < 1.29 is 19.5 Å². The summed E-state index contributed by atoms with van der Waals surface area (Å²) in [5.74, 6) is -2.29. The lowest BCUT2D eigenvalue weighted by Crippen LogP contribution is -2.32. The third kappa shape index (κ3) is 5.98. The van der Waals surface area contributed by atoms with E-state index in [-0.39, 0.29) is 11.8 Å². The molecule has 172 valence electrons. The quantitative estimate of drug-likeness (QED) is 0.438. The first-order valence-corrected chi connectivity index (χ1v) is 10.9. The summed E-state index contributed by atoms with van der Waals surface area (Å²) in [4.78, 5) is 35.7. The fourth-order valence-corrected chi connectivity index (χ4v) is 3.49. The summed E-state index contributed by atoms with van der Waals surface area (Å²) >= 11 is 5.98. The van der Waals surface area contributed by atoms with Crippen LogP contribution in [0.25, 0.3) is 5.69 Å². The van der Waals surface area contributed by atoms with E-state index in [9.17, 15) is 14.4 Å². The van der Waals surface area contributed by atoms with Gasteiger partial charge in [0.25, 0.3) is 5.91 Å². The number of carboxylic acid groups (broad SMARTS) is 1. The Balaban J connectivity index is 1.74. The second kappa shape index (κ2) is 10.8. The number of nitrogens with one attached hydrogen (secondary N) is 2. The molecule has 1 atom stereocenters. The van der Waals surface area contributed by atoms with Crippen LogP contribution in [0, 0.1) is 0 Å². The van der Waals surface area contributed by atoms with Gasteiger partial charge < -0.3 is 15.7 Å². The van der Waals surface area contributed by atoms with Crippen molar-refractivity contribution in [3.8, 4) is 5.69 Å². The summed E-state index contributed by atoms with van der Waals surface area (Å²) in [7, 11) is 0.